The predicted molar refractivity (Wildman–Crippen MR) is 201 cm³/mol. The van der Waals surface area contributed by atoms with E-state index >= 15 is 0 Å². The Morgan fingerprint density at radius 3 is 0.978 bits per heavy atom. The highest BCUT2D eigenvalue weighted by atomic mass is 16.5. The quantitative estimate of drug-likeness (QED) is 0.0741. The van der Waals surface area contributed by atoms with E-state index in [4.69, 9.17) is 4.74 Å². The van der Waals surface area contributed by atoms with Crippen molar-refractivity contribution in [2.24, 2.45) is 0 Å². The van der Waals surface area contributed by atoms with Crippen LogP contribution in [0.15, 0.2) is 48.5 Å². The normalized spacial score (nSPS) is 11.3. The monoisotopic (exact) mass is 619 g/mol. The summed E-state index contributed by atoms with van der Waals surface area (Å²) < 4.78 is 6.58. The molecule has 0 aliphatic rings. The summed E-state index contributed by atoms with van der Waals surface area (Å²) in [6.07, 6.45) is 41.7. The van der Waals surface area contributed by atoms with E-state index in [0.29, 0.717) is 0 Å². The first-order valence-corrected chi connectivity index (χ1v) is 20.2. The molecule has 0 amide bonds. The van der Waals surface area contributed by atoms with Gasteiger partial charge in [0, 0.05) is 0 Å². The van der Waals surface area contributed by atoms with Crippen molar-refractivity contribution in [3.8, 4) is 11.5 Å². The van der Waals surface area contributed by atoms with Gasteiger partial charge in [-0.2, -0.15) is 0 Å². The van der Waals surface area contributed by atoms with Crippen LogP contribution >= 0.6 is 0 Å². The van der Waals surface area contributed by atoms with Crippen LogP contribution in [0.3, 0.4) is 0 Å². The van der Waals surface area contributed by atoms with Crippen molar-refractivity contribution in [2.45, 2.75) is 206 Å². The molecule has 45 heavy (non-hydrogen) atoms. The maximum Gasteiger partial charge on any atom is 0.133 e. The van der Waals surface area contributed by atoms with Gasteiger partial charge in [-0.25, -0.2) is 0 Å². The highest BCUT2D eigenvalue weighted by Gasteiger charge is 2.11. The summed E-state index contributed by atoms with van der Waals surface area (Å²) in [4.78, 5) is 0. The fourth-order valence-electron chi connectivity index (χ4n) is 6.79. The lowest BCUT2D eigenvalue weighted by atomic mass is 9.98. The first-order valence-electron chi connectivity index (χ1n) is 20.2. The minimum absolute atomic E-state index is 0.966. The Labute approximate surface area is 281 Å². The molecule has 0 unspecified atom stereocenters. The molecule has 0 fully saturated rings. The third-order valence-corrected chi connectivity index (χ3v) is 9.74. The van der Waals surface area contributed by atoms with E-state index in [9.17, 15) is 0 Å². The van der Waals surface area contributed by atoms with E-state index in [1.807, 2.05) is 0 Å². The summed E-state index contributed by atoms with van der Waals surface area (Å²) in [5, 5.41) is 0. The molecule has 256 valence electrons. The highest BCUT2D eigenvalue weighted by Crippen LogP contribution is 2.32. The van der Waals surface area contributed by atoms with Gasteiger partial charge in [0.1, 0.15) is 11.5 Å². The van der Waals surface area contributed by atoms with Crippen LogP contribution in [-0.4, -0.2) is 0 Å². The minimum Gasteiger partial charge on any atom is -0.457 e. The van der Waals surface area contributed by atoms with E-state index in [-0.39, 0.29) is 0 Å². The first-order chi connectivity index (χ1) is 22.3. The third-order valence-electron chi connectivity index (χ3n) is 9.74. The Hall–Kier alpha value is -1.76. The van der Waals surface area contributed by atoms with Crippen LogP contribution < -0.4 is 4.74 Å². The van der Waals surface area contributed by atoms with Crippen LogP contribution in [0.1, 0.15) is 205 Å². The standard InChI is InChI=1S/C44H74O/c1-3-5-7-9-11-13-15-17-19-21-23-25-27-30-35-41-37-34-38-42(44(41)45-43-39-32-29-33-40-43)36-31-28-26-24-22-20-18-16-14-12-10-8-6-4-2/h29,32-34,37-40H,3-28,30-31,35-36H2,1-2H3. The number of hydrogen-bond acceptors (Lipinski definition) is 1. The number of benzene rings is 2. The molecule has 0 spiro atoms. The zero-order valence-electron chi connectivity index (χ0n) is 30.2. The summed E-state index contributed by atoms with van der Waals surface area (Å²) in [7, 11) is 0. The molecule has 0 saturated carbocycles. The van der Waals surface area contributed by atoms with Crippen molar-refractivity contribution in [2.75, 3.05) is 0 Å². The van der Waals surface area contributed by atoms with E-state index in [1.54, 1.807) is 0 Å². The van der Waals surface area contributed by atoms with Crippen LogP contribution in [0, 0.1) is 0 Å². The molecule has 1 heteroatoms. The molecule has 2 aromatic rings. The summed E-state index contributed by atoms with van der Waals surface area (Å²) >= 11 is 0. The molecule has 0 N–H and O–H groups in total. The maximum atomic E-state index is 6.58. The van der Waals surface area contributed by atoms with Crippen molar-refractivity contribution < 1.29 is 4.74 Å². The van der Waals surface area contributed by atoms with Gasteiger partial charge in [-0.15, -0.1) is 0 Å². The summed E-state index contributed by atoms with van der Waals surface area (Å²) in [6, 6.07) is 17.3. The second kappa shape index (κ2) is 29.6. The molecule has 1 nitrogen and oxygen atoms in total. The van der Waals surface area contributed by atoms with Gasteiger partial charge in [0.15, 0.2) is 0 Å². The number of ether oxygens (including phenoxy) is 1. The molecule has 0 aliphatic heterocycles. The second-order valence-electron chi connectivity index (χ2n) is 14.0. The Kier molecular flexibility index (Phi) is 26.0. The van der Waals surface area contributed by atoms with Crippen molar-refractivity contribution in [3.63, 3.8) is 0 Å². The number of aryl methyl sites for hydroxylation is 2. The smallest absolute Gasteiger partial charge is 0.133 e. The zero-order valence-corrected chi connectivity index (χ0v) is 30.2. The van der Waals surface area contributed by atoms with Crippen LogP contribution in [0.25, 0.3) is 0 Å². The molecule has 2 aromatic carbocycles. The third kappa shape index (κ3) is 21.6. The lowest BCUT2D eigenvalue weighted by molar-refractivity contribution is 0.465. The van der Waals surface area contributed by atoms with Gasteiger partial charge in [-0.1, -0.05) is 217 Å². The minimum atomic E-state index is 0.966. The summed E-state index contributed by atoms with van der Waals surface area (Å²) in [5.41, 5.74) is 2.81. The van der Waals surface area contributed by atoms with Crippen molar-refractivity contribution in [1.29, 1.82) is 0 Å². The SMILES string of the molecule is CCCCCCCCCCCCCCCCc1cccc(CCCCCCCCCCCCCCCC)c1Oc1ccccc1. The van der Waals surface area contributed by atoms with E-state index in [0.717, 1.165) is 24.3 Å². The largest absolute Gasteiger partial charge is 0.457 e. The Morgan fingerprint density at radius 2 is 0.644 bits per heavy atom. The first kappa shape index (κ1) is 39.4. The molecule has 0 bridgehead atoms. The number of rotatable bonds is 32. The summed E-state index contributed by atoms with van der Waals surface area (Å²) in [6.45, 7) is 4.61. The Bertz CT molecular complexity index is 837. The predicted octanol–water partition coefficient (Wildman–Crippen LogP) is 15.5. The van der Waals surface area contributed by atoms with Crippen LogP contribution in [-0.2, 0) is 12.8 Å². The summed E-state index contributed by atoms with van der Waals surface area (Å²) in [5.74, 6) is 2.11. The molecule has 0 aliphatic carbocycles. The molecule has 0 atom stereocenters. The van der Waals surface area contributed by atoms with E-state index in [1.165, 1.54) is 191 Å². The Balaban J connectivity index is 1.62. The highest BCUT2D eigenvalue weighted by molar-refractivity contribution is 5.44. The van der Waals surface area contributed by atoms with Crippen LogP contribution in [0.2, 0.25) is 0 Å². The fraction of sp³-hybridized carbons (Fsp3) is 0.727. The van der Waals surface area contributed by atoms with Crippen LogP contribution in [0.5, 0.6) is 11.5 Å². The van der Waals surface area contributed by atoms with Gasteiger partial charge < -0.3 is 4.74 Å². The van der Waals surface area contributed by atoms with Gasteiger partial charge in [0.2, 0.25) is 0 Å². The average Bonchev–Trinajstić information content (AvgIpc) is 3.06. The molecular formula is C44H74O. The maximum absolute atomic E-state index is 6.58. The fourth-order valence-corrected chi connectivity index (χ4v) is 6.79. The molecule has 2 rings (SSSR count). The van der Waals surface area contributed by atoms with E-state index < -0.39 is 0 Å². The molecular weight excluding hydrogens is 544 g/mol. The van der Waals surface area contributed by atoms with Crippen LogP contribution in [0.4, 0.5) is 0 Å². The number of unbranched alkanes of at least 4 members (excludes halogenated alkanes) is 26. The Morgan fingerprint density at radius 1 is 0.333 bits per heavy atom. The molecule has 0 heterocycles. The second-order valence-corrected chi connectivity index (χ2v) is 14.0. The van der Waals surface area contributed by atoms with Gasteiger partial charge >= 0.3 is 0 Å². The zero-order chi connectivity index (χ0) is 31.9. The van der Waals surface area contributed by atoms with Crippen molar-refractivity contribution >= 4 is 0 Å². The lowest BCUT2D eigenvalue weighted by Gasteiger charge is -2.16. The molecule has 0 aromatic heterocycles. The van der Waals surface area contributed by atoms with Crippen molar-refractivity contribution in [1.82, 2.24) is 0 Å². The lowest BCUT2D eigenvalue weighted by Crippen LogP contribution is -1.98. The van der Waals surface area contributed by atoms with E-state index in [2.05, 4.69) is 62.4 Å². The van der Waals surface area contributed by atoms with Gasteiger partial charge in [-0.05, 0) is 48.9 Å². The molecule has 0 saturated heterocycles. The molecule has 0 radical (unpaired) electrons. The number of hydrogen-bond donors (Lipinski definition) is 0. The van der Waals surface area contributed by atoms with Gasteiger partial charge in [0.25, 0.3) is 0 Å². The topological polar surface area (TPSA) is 9.23 Å². The average molecular weight is 619 g/mol. The van der Waals surface area contributed by atoms with Crippen molar-refractivity contribution in [3.05, 3.63) is 59.7 Å². The number of para-hydroxylation sites is 2. The van der Waals surface area contributed by atoms with Gasteiger partial charge in [0.05, 0.1) is 0 Å². The van der Waals surface area contributed by atoms with Gasteiger partial charge in [-0.3, -0.25) is 0 Å².